The molecule has 0 saturated heterocycles. The van der Waals surface area contributed by atoms with Crippen LogP contribution in [0.3, 0.4) is 0 Å². The monoisotopic (exact) mass is 314 g/mol. The van der Waals surface area contributed by atoms with Crippen molar-refractivity contribution in [2.24, 2.45) is 0 Å². The summed E-state index contributed by atoms with van der Waals surface area (Å²) in [6.07, 6.45) is 0.713. The summed E-state index contributed by atoms with van der Waals surface area (Å²) in [7, 11) is 1.62. The van der Waals surface area contributed by atoms with Gasteiger partial charge in [0, 0.05) is 12.2 Å². The van der Waals surface area contributed by atoms with Gasteiger partial charge in [-0.15, -0.1) is 0 Å². The summed E-state index contributed by atoms with van der Waals surface area (Å²) in [5, 5.41) is 5.62. The number of nitrogens with one attached hydrogen (secondary N) is 2. The minimum atomic E-state index is -0.214. The molecule has 0 heterocycles. The second kappa shape index (κ2) is 8.68. The number of carbonyl (C=O) groups excluding carboxylic acids is 1. The van der Waals surface area contributed by atoms with E-state index in [1.165, 1.54) is 0 Å². The lowest BCUT2D eigenvalue weighted by molar-refractivity contribution is 0.252. The number of amides is 2. The molecule has 0 bridgehead atoms. The molecule has 0 aliphatic heterocycles. The molecule has 0 aliphatic rings. The van der Waals surface area contributed by atoms with Gasteiger partial charge < -0.3 is 20.1 Å². The highest BCUT2D eigenvalue weighted by atomic mass is 16.5. The second-order valence-corrected chi connectivity index (χ2v) is 4.92. The van der Waals surface area contributed by atoms with Gasteiger partial charge in [-0.2, -0.15) is 0 Å². The van der Waals surface area contributed by atoms with Gasteiger partial charge in [0.05, 0.1) is 13.7 Å². The Kier molecular flexibility index (Phi) is 6.29. The fourth-order valence-electron chi connectivity index (χ4n) is 2.16. The van der Waals surface area contributed by atoms with Crippen molar-refractivity contribution in [3.63, 3.8) is 0 Å². The molecule has 0 spiro atoms. The molecule has 0 aliphatic carbocycles. The van der Waals surface area contributed by atoms with Gasteiger partial charge in [-0.3, -0.25) is 0 Å². The van der Waals surface area contributed by atoms with E-state index in [-0.39, 0.29) is 6.03 Å². The minimum absolute atomic E-state index is 0.214. The van der Waals surface area contributed by atoms with E-state index in [2.05, 4.69) is 10.6 Å². The Hall–Kier alpha value is -2.69. The Balaban J connectivity index is 1.82. The zero-order valence-electron chi connectivity index (χ0n) is 13.5. The molecule has 122 valence electrons. The van der Waals surface area contributed by atoms with Crippen molar-refractivity contribution in [3.05, 3.63) is 54.1 Å². The summed E-state index contributed by atoms with van der Waals surface area (Å²) in [5.74, 6) is 1.44. The first-order valence-electron chi connectivity index (χ1n) is 7.62. The van der Waals surface area contributed by atoms with Crippen molar-refractivity contribution in [1.82, 2.24) is 5.32 Å². The molecule has 23 heavy (non-hydrogen) atoms. The molecule has 0 unspecified atom stereocenters. The number of para-hydroxylation sites is 1. The molecule has 5 heteroatoms. The number of hydrogen-bond acceptors (Lipinski definition) is 3. The molecular formula is C18H22N2O3. The van der Waals surface area contributed by atoms with Crippen molar-refractivity contribution in [2.75, 3.05) is 25.6 Å². The van der Waals surface area contributed by atoms with Crippen LogP contribution < -0.4 is 20.1 Å². The average Bonchev–Trinajstić information content (AvgIpc) is 2.57. The first kappa shape index (κ1) is 16.7. The second-order valence-electron chi connectivity index (χ2n) is 4.92. The third-order valence-corrected chi connectivity index (χ3v) is 3.26. The predicted molar refractivity (Wildman–Crippen MR) is 91.3 cm³/mol. The summed E-state index contributed by atoms with van der Waals surface area (Å²) < 4.78 is 10.8. The predicted octanol–water partition coefficient (Wildman–Crippen LogP) is 3.46. The molecule has 2 N–H and O–H groups in total. The van der Waals surface area contributed by atoms with Crippen LogP contribution in [0, 0.1) is 0 Å². The van der Waals surface area contributed by atoms with E-state index in [9.17, 15) is 4.79 Å². The molecule has 0 atom stereocenters. The number of urea groups is 1. The van der Waals surface area contributed by atoms with Gasteiger partial charge in [0.25, 0.3) is 0 Å². The summed E-state index contributed by atoms with van der Waals surface area (Å²) in [4.78, 5) is 11.8. The summed E-state index contributed by atoms with van der Waals surface area (Å²) in [6.45, 7) is 3.06. The molecule has 2 rings (SSSR count). The van der Waals surface area contributed by atoms with E-state index in [1.54, 1.807) is 7.11 Å². The van der Waals surface area contributed by atoms with Crippen LogP contribution in [0.15, 0.2) is 48.5 Å². The van der Waals surface area contributed by atoms with E-state index in [1.807, 2.05) is 55.5 Å². The van der Waals surface area contributed by atoms with Crippen LogP contribution in [0.25, 0.3) is 0 Å². The topological polar surface area (TPSA) is 59.6 Å². The Morgan fingerprint density at radius 1 is 1.09 bits per heavy atom. The maximum absolute atomic E-state index is 11.8. The van der Waals surface area contributed by atoms with Crippen LogP contribution in [-0.4, -0.2) is 26.3 Å². The molecular weight excluding hydrogens is 292 g/mol. The molecule has 2 aromatic rings. The number of carbonyl (C=O) groups is 1. The molecule has 0 fully saturated rings. The van der Waals surface area contributed by atoms with Crippen molar-refractivity contribution < 1.29 is 14.3 Å². The zero-order valence-corrected chi connectivity index (χ0v) is 13.5. The first-order chi connectivity index (χ1) is 11.2. The fourth-order valence-corrected chi connectivity index (χ4v) is 2.16. The summed E-state index contributed by atoms with van der Waals surface area (Å²) in [5.41, 5.74) is 1.85. The third kappa shape index (κ3) is 5.21. The van der Waals surface area contributed by atoms with Crippen LogP contribution in [0.1, 0.15) is 12.5 Å². The summed E-state index contributed by atoms with van der Waals surface area (Å²) >= 11 is 0. The molecule has 2 aromatic carbocycles. The van der Waals surface area contributed by atoms with Gasteiger partial charge in [-0.05, 0) is 43.2 Å². The highest BCUT2D eigenvalue weighted by Crippen LogP contribution is 2.28. The van der Waals surface area contributed by atoms with Crippen LogP contribution in [-0.2, 0) is 6.42 Å². The lowest BCUT2D eigenvalue weighted by Gasteiger charge is -2.11. The molecule has 2 amide bonds. The van der Waals surface area contributed by atoms with Crippen molar-refractivity contribution in [1.29, 1.82) is 0 Å². The highest BCUT2D eigenvalue weighted by molar-refractivity contribution is 5.89. The lowest BCUT2D eigenvalue weighted by Crippen LogP contribution is -2.30. The number of ether oxygens (including phenoxy) is 2. The van der Waals surface area contributed by atoms with Crippen LogP contribution in [0.4, 0.5) is 10.5 Å². The Morgan fingerprint density at radius 2 is 1.87 bits per heavy atom. The van der Waals surface area contributed by atoms with Gasteiger partial charge in [-0.1, -0.05) is 24.3 Å². The zero-order chi connectivity index (χ0) is 16.5. The van der Waals surface area contributed by atoms with Gasteiger partial charge in [0.1, 0.15) is 0 Å². The van der Waals surface area contributed by atoms with Crippen molar-refractivity contribution in [2.45, 2.75) is 13.3 Å². The maximum atomic E-state index is 11.8. The van der Waals surface area contributed by atoms with Gasteiger partial charge in [0.2, 0.25) is 0 Å². The Morgan fingerprint density at radius 3 is 2.57 bits per heavy atom. The van der Waals surface area contributed by atoms with Crippen LogP contribution in [0.2, 0.25) is 0 Å². The Labute approximate surface area is 136 Å². The van der Waals surface area contributed by atoms with Crippen molar-refractivity contribution >= 4 is 11.7 Å². The lowest BCUT2D eigenvalue weighted by atomic mass is 10.1. The first-order valence-corrected chi connectivity index (χ1v) is 7.62. The van der Waals surface area contributed by atoms with Gasteiger partial charge >= 0.3 is 6.03 Å². The quantitative estimate of drug-likeness (QED) is 0.823. The highest BCUT2D eigenvalue weighted by Gasteiger charge is 2.06. The number of benzene rings is 2. The molecule has 0 saturated carbocycles. The maximum Gasteiger partial charge on any atom is 0.319 e. The number of methoxy groups -OCH3 is 1. The minimum Gasteiger partial charge on any atom is -0.493 e. The van der Waals surface area contributed by atoms with E-state index in [0.717, 1.165) is 17.0 Å². The van der Waals surface area contributed by atoms with E-state index >= 15 is 0 Å². The average molecular weight is 314 g/mol. The molecule has 5 nitrogen and oxygen atoms in total. The Bertz CT molecular complexity index is 629. The van der Waals surface area contributed by atoms with Crippen molar-refractivity contribution in [3.8, 4) is 11.5 Å². The fraction of sp³-hybridized carbons (Fsp3) is 0.278. The normalized spacial score (nSPS) is 10.0. The number of hydrogen-bond donors (Lipinski definition) is 2. The van der Waals surface area contributed by atoms with E-state index in [4.69, 9.17) is 9.47 Å². The smallest absolute Gasteiger partial charge is 0.319 e. The van der Waals surface area contributed by atoms with Crippen LogP contribution >= 0.6 is 0 Å². The SMILES string of the molecule is CCOc1ccc(CCNC(=O)Nc2ccccc2)cc1OC. The van der Waals surface area contributed by atoms with Crippen LogP contribution in [0.5, 0.6) is 11.5 Å². The number of rotatable bonds is 7. The van der Waals surface area contributed by atoms with E-state index in [0.29, 0.717) is 25.3 Å². The van der Waals surface area contributed by atoms with E-state index < -0.39 is 0 Å². The summed E-state index contributed by atoms with van der Waals surface area (Å²) in [6, 6.07) is 14.9. The van der Waals surface area contributed by atoms with Gasteiger partial charge in [0.15, 0.2) is 11.5 Å². The number of anilines is 1. The van der Waals surface area contributed by atoms with Gasteiger partial charge in [-0.25, -0.2) is 4.79 Å². The molecule has 0 radical (unpaired) electrons. The molecule has 0 aromatic heterocycles. The standard InChI is InChI=1S/C18H22N2O3/c1-3-23-16-10-9-14(13-17(16)22-2)11-12-19-18(21)20-15-7-5-4-6-8-15/h4-10,13H,3,11-12H2,1-2H3,(H2,19,20,21). The largest absolute Gasteiger partial charge is 0.493 e. The third-order valence-electron chi connectivity index (χ3n) is 3.26.